The van der Waals surface area contributed by atoms with Crippen LogP contribution in [0.5, 0.6) is 0 Å². The second-order valence-corrected chi connectivity index (χ2v) is 29.9. The fourth-order valence-corrected chi connectivity index (χ4v) is 14.1. The number of carbonyl (C=O) groups excluding carboxylic acids is 2. The second-order valence-electron chi connectivity index (χ2n) is 29.9. The molecule has 92 heavy (non-hydrogen) atoms. The number of rotatable bonds is 82. The summed E-state index contributed by atoms with van der Waals surface area (Å²) in [5.74, 6) is -0.0284. The first-order valence-corrected chi connectivity index (χ1v) is 43.0. The summed E-state index contributed by atoms with van der Waals surface area (Å²) < 4.78 is 5.52. The van der Waals surface area contributed by atoms with Crippen molar-refractivity contribution in [3.63, 3.8) is 0 Å². The van der Waals surface area contributed by atoms with Crippen LogP contribution in [-0.2, 0) is 14.3 Å². The summed E-state index contributed by atoms with van der Waals surface area (Å²) in [5, 5.41) is 23.3. The fourth-order valence-electron chi connectivity index (χ4n) is 14.1. The van der Waals surface area contributed by atoms with Crippen molar-refractivity contribution in [3.05, 3.63) is 12.2 Å². The van der Waals surface area contributed by atoms with Gasteiger partial charge in [0.1, 0.15) is 0 Å². The molecule has 2 unspecified atom stereocenters. The molecule has 0 heterocycles. The Morgan fingerprint density at radius 2 is 0.500 bits per heavy atom. The first-order chi connectivity index (χ1) is 45.5. The molecule has 0 bridgehead atoms. The Bertz CT molecular complexity index is 1400. The van der Waals surface area contributed by atoms with Gasteiger partial charge in [0.05, 0.1) is 25.4 Å². The van der Waals surface area contributed by atoms with E-state index in [1.54, 1.807) is 6.08 Å². The Kier molecular flexibility index (Phi) is 80.8. The van der Waals surface area contributed by atoms with E-state index in [9.17, 15) is 19.8 Å². The third-order valence-corrected chi connectivity index (χ3v) is 20.6. The largest absolute Gasteiger partial charge is 0.466 e. The molecule has 0 saturated carbocycles. The van der Waals surface area contributed by atoms with Gasteiger partial charge in [0, 0.05) is 12.8 Å². The van der Waals surface area contributed by atoms with E-state index in [4.69, 9.17) is 4.74 Å². The molecule has 0 radical (unpaired) electrons. The first-order valence-electron chi connectivity index (χ1n) is 43.0. The molecule has 6 heteroatoms. The fraction of sp³-hybridized carbons (Fsp3) is 0.953. The van der Waals surface area contributed by atoms with Crippen LogP contribution >= 0.6 is 0 Å². The molecule has 0 aliphatic rings. The van der Waals surface area contributed by atoms with Gasteiger partial charge in [-0.15, -0.1) is 0 Å². The zero-order valence-electron chi connectivity index (χ0n) is 63.1. The predicted octanol–water partition coefficient (Wildman–Crippen LogP) is 28.6. The van der Waals surface area contributed by atoms with Crippen molar-refractivity contribution in [2.24, 2.45) is 0 Å². The predicted molar refractivity (Wildman–Crippen MR) is 407 cm³/mol. The van der Waals surface area contributed by atoms with E-state index in [0.717, 1.165) is 38.5 Å². The maximum atomic E-state index is 12.6. The molecule has 0 aliphatic heterocycles. The lowest BCUT2D eigenvalue weighted by Crippen LogP contribution is -2.45. The van der Waals surface area contributed by atoms with Crippen LogP contribution in [0, 0.1) is 0 Å². The minimum Gasteiger partial charge on any atom is -0.466 e. The molecule has 0 aliphatic carbocycles. The normalized spacial score (nSPS) is 12.4. The van der Waals surface area contributed by atoms with Crippen LogP contribution < -0.4 is 5.32 Å². The number of nitrogens with one attached hydrogen (secondary N) is 1. The number of hydrogen-bond acceptors (Lipinski definition) is 5. The molecule has 2 atom stereocenters. The number of esters is 1. The molecule has 0 fully saturated rings. The van der Waals surface area contributed by atoms with Crippen LogP contribution in [0.3, 0.4) is 0 Å². The Labute approximate surface area is 578 Å². The molecule has 1 amide bonds. The monoisotopic (exact) mass is 1300 g/mol. The van der Waals surface area contributed by atoms with E-state index in [1.807, 2.05) is 6.08 Å². The number of amides is 1. The zero-order chi connectivity index (χ0) is 66.3. The Morgan fingerprint density at radius 1 is 0.293 bits per heavy atom. The number of allylic oxidation sites excluding steroid dienone is 1. The van der Waals surface area contributed by atoms with Crippen LogP contribution in [0.1, 0.15) is 502 Å². The summed E-state index contributed by atoms with van der Waals surface area (Å²) in [4.78, 5) is 24.7. The number of aliphatic hydroxyl groups excluding tert-OH is 2. The molecule has 548 valence electrons. The van der Waals surface area contributed by atoms with Crippen molar-refractivity contribution in [1.82, 2.24) is 5.32 Å². The van der Waals surface area contributed by atoms with Gasteiger partial charge in [-0.1, -0.05) is 469 Å². The highest BCUT2D eigenvalue weighted by Gasteiger charge is 2.18. The first kappa shape index (κ1) is 90.6. The molecule has 6 nitrogen and oxygen atoms in total. The molecule has 3 N–H and O–H groups in total. The zero-order valence-corrected chi connectivity index (χ0v) is 63.1. The van der Waals surface area contributed by atoms with Gasteiger partial charge < -0.3 is 20.3 Å². The lowest BCUT2D eigenvalue weighted by atomic mass is 10.0. The Morgan fingerprint density at radius 3 is 0.739 bits per heavy atom. The standard InChI is InChI=1S/C86H169NO5/c1-3-5-7-9-11-13-15-17-19-21-22-23-41-44-47-50-54-58-62-66-70-74-78-84(89)83(82-88)87-85(90)79-75-71-67-63-59-55-51-48-45-42-39-37-35-33-31-29-27-25-24-26-28-30-32-34-36-38-40-43-46-49-53-57-61-65-69-73-77-81-92-86(91)80-76-72-68-64-60-56-52-20-18-16-14-12-10-8-6-4-2/h74,78,83-84,88-89H,3-73,75-77,79-82H2,1-2H3,(H,87,90)/b78-74+. The van der Waals surface area contributed by atoms with Crippen molar-refractivity contribution in [2.75, 3.05) is 13.2 Å². The molecule has 0 aromatic heterocycles. The average molecular weight is 1300 g/mol. The number of carbonyl (C=O) groups is 2. The van der Waals surface area contributed by atoms with Gasteiger partial charge in [-0.3, -0.25) is 9.59 Å². The topological polar surface area (TPSA) is 95.9 Å². The average Bonchev–Trinajstić information content (AvgIpc) is 3.66. The number of hydrogen-bond donors (Lipinski definition) is 3. The molecular formula is C86H169NO5. The van der Waals surface area contributed by atoms with E-state index < -0.39 is 12.1 Å². The van der Waals surface area contributed by atoms with Crippen molar-refractivity contribution < 1.29 is 24.5 Å². The highest BCUT2D eigenvalue weighted by atomic mass is 16.5. The number of unbranched alkanes of at least 4 members (excludes halogenated alkanes) is 71. The number of aliphatic hydroxyl groups is 2. The molecule has 0 aromatic carbocycles. The van der Waals surface area contributed by atoms with Gasteiger partial charge in [-0.05, 0) is 32.1 Å². The van der Waals surface area contributed by atoms with E-state index in [2.05, 4.69) is 19.2 Å². The molecule has 0 rings (SSSR count). The van der Waals surface area contributed by atoms with E-state index >= 15 is 0 Å². The highest BCUT2D eigenvalue weighted by molar-refractivity contribution is 5.76. The smallest absolute Gasteiger partial charge is 0.305 e. The van der Waals surface area contributed by atoms with Gasteiger partial charge in [-0.25, -0.2) is 0 Å². The summed E-state index contributed by atoms with van der Waals surface area (Å²) in [6.07, 6.45) is 105. The maximum Gasteiger partial charge on any atom is 0.305 e. The molecule has 0 aromatic rings. The van der Waals surface area contributed by atoms with Gasteiger partial charge in [-0.2, -0.15) is 0 Å². The molecule has 0 saturated heterocycles. The third kappa shape index (κ3) is 77.6. The van der Waals surface area contributed by atoms with Crippen molar-refractivity contribution in [2.45, 2.75) is 514 Å². The minimum absolute atomic E-state index is 0.0281. The quantitative estimate of drug-likeness (QED) is 0.0320. The molecule has 0 spiro atoms. The van der Waals surface area contributed by atoms with Crippen molar-refractivity contribution >= 4 is 11.9 Å². The van der Waals surface area contributed by atoms with Crippen LogP contribution in [0.2, 0.25) is 0 Å². The molecular weight excluding hydrogens is 1130 g/mol. The van der Waals surface area contributed by atoms with Gasteiger partial charge in [0.2, 0.25) is 5.91 Å². The van der Waals surface area contributed by atoms with Gasteiger partial charge in [0.25, 0.3) is 0 Å². The lowest BCUT2D eigenvalue weighted by Gasteiger charge is -2.20. The number of ether oxygens (including phenoxy) is 1. The minimum atomic E-state index is -0.841. The maximum absolute atomic E-state index is 12.6. The summed E-state index contributed by atoms with van der Waals surface area (Å²) in [5.41, 5.74) is 0. The summed E-state index contributed by atoms with van der Waals surface area (Å²) >= 11 is 0. The summed E-state index contributed by atoms with van der Waals surface area (Å²) in [6, 6.07) is -0.624. The van der Waals surface area contributed by atoms with Gasteiger partial charge in [0.15, 0.2) is 0 Å². The van der Waals surface area contributed by atoms with E-state index in [-0.39, 0.29) is 18.5 Å². The Balaban J connectivity index is 3.31. The van der Waals surface area contributed by atoms with Crippen LogP contribution in [-0.4, -0.2) is 47.4 Å². The third-order valence-electron chi connectivity index (χ3n) is 20.6. The van der Waals surface area contributed by atoms with Crippen LogP contribution in [0.25, 0.3) is 0 Å². The Hall–Kier alpha value is -1.40. The van der Waals surface area contributed by atoms with Crippen molar-refractivity contribution in [3.8, 4) is 0 Å². The van der Waals surface area contributed by atoms with E-state index in [1.165, 1.54) is 437 Å². The van der Waals surface area contributed by atoms with Crippen molar-refractivity contribution in [1.29, 1.82) is 0 Å². The van der Waals surface area contributed by atoms with Gasteiger partial charge >= 0.3 is 5.97 Å². The lowest BCUT2D eigenvalue weighted by molar-refractivity contribution is -0.143. The highest BCUT2D eigenvalue weighted by Crippen LogP contribution is 2.21. The SMILES string of the molecule is CCCCCCCCCCCCCCCCCCCCCC/C=C/C(O)C(CO)NC(=O)CCCCCCCCCCCCCCCCCCCCCCCCCCCCCCCCCCCCCCCOC(=O)CCCCCCCCCCCCCCCCCC. The summed E-state index contributed by atoms with van der Waals surface area (Å²) in [6.45, 7) is 4.98. The summed E-state index contributed by atoms with van der Waals surface area (Å²) in [7, 11) is 0. The van der Waals surface area contributed by atoms with Crippen LogP contribution in [0.4, 0.5) is 0 Å². The van der Waals surface area contributed by atoms with E-state index in [0.29, 0.717) is 19.4 Å². The van der Waals surface area contributed by atoms with Crippen LogP contribution in [0.15, 0.2) is 12.2 Å². The second kappa shape index (κ2) is 82.0.